The van der Waals surface area contributed by atoms with Crippen LogP contribution in [0.25, 0.3) is 11.0 Å². The number of rotatable bonds is 10. The fraction of sp³-hybridized carbons (Fsp3) is 0.435. The Balaban J connectivity index is 1.44. The maximum atomic E-state index is 12.6. The van der Waals surface area contributed by atoms with Crippen molar-refractivity contribution in [3.05, 3.63) is 53.7 Å². The Hall–Kier alpha value is -3.53. The molecule has 0 atom stereocenters. The van der Waals surface area contributed by atoms with E-state index in [2.05, 4.69) is 27.0 Å². The third-order valence-electron chi connectivity index (χ3n) is 5.59. The van der Waals surface area contributed by atoms with Gasteiger partial charge in [0.2, 0.25) is 11.9 Å². The van der Waals surface area contributed by atoms with Gasteiger partial charge in [0.1, 0.15) is 5.65 Å². The molecule has 4 rings (SSSR count). The number of aryl methyl sites for hydroxylation is 1. The SMILES string of the molecule is C=CC(=O)N1CC(CCn2c(=O)ccc3cnc(Nc4cnn(CCOC(C)C)c4)nc32)C1. The van der Waals surface area contributed by atoms with E-state index in [9.17, 15) is 9.59 Å². The second kappa shape index (κ2) is 9.95. The highest BCUT2D eigenvalue weighted by molar-refractivity contribution is 5.87. The van der Waals surface area contributed by atoms with E-state index < -0.39 is 0 Å². The lowest BCUT2D eigenvalue weighted by atomic mass is 9.96. The number of nitrogens with one attached hydrogen (secondary N) is 1. The normalized spacial score (nSPS) is 14.0. The third-order valence-corrected chi connectivity index (χ3v) is 5.59. The van der Waals surface area contributed by atoms with Gasteiger partial charge in [-0.1, -0.05) is 6.58 Å². The molecule has 33 heavy (non-hydrogen) atoms. The van der Waals surface area contributed by atoms with E-state index >= 15 is 0 Å². The summed E-state index contributed by atoms with van der Waals surface area (Å²) in [6.07, 6.45) is 7.57. The van der Waals surface area contributed by atoms with Gasteiger partial charge in [0.15, 0.2) is 0 Å². The van der Waals surface area contributed by atoms with Gasteiger partial charge in [-0.2, -0.15) is 10.1 Å². The monoisotopic (exact) mass is 451 g/mol. The third kappa shape index (κ3) is 5.46. The summed E-state index contributed by atoms with van der Waals surface area (Å²) in [4.78, 5) is 34.9. The molecule has 1 N–H and O–H groups in total. The van der Waals surface area contributed by atoms with Crippen molar-refractivity contribution in [2.45, 2.75) is 39.5 Å². The van der Waals surface area contributed by atoms with Gasteiger partial charge < -0.3 is 15.0 Å². The molecule has 0 bridgehead atoms. The van der Waals surface area contributed by atoms with E-state index in [0.29, 0.717) is 50.3 Å². The fourth-order valence-electron chi connectivity index (χ4n) is 3.78. The Morgan fingerprint density at radius 3 is 2.88 bits per heavy atom. The van der Waals surface area contributed by atoms with Gasteiger partial charge in [0, 0.05) is 43.5 Å². The zero-order chi connectivity index (χ0) is 23.4. The molecule has 1 aliphatic rings. The molecule has 0 radical (unpaired) electrons. The van der Waals surface area contributed by atoms with Gasteiger partial charge in [-0.25, -0.2) is 4.98 Å². The van der Waals surface area contributed by atoms with Crippen LogP contribution < -0.4 is 10.9 Å². The average molecular weight is 452 g/mol. The summed E-state index contributed by atoms with van der Waals surface area (Å²) in [6, 6.07) is 3.27. The van der Waals surface area contributed by atoms with Crippen molar-refractivity contribution in [3.63, 3.8) is 0 Å². The van der Waals surface area contributed by atoms with Crippen molar-refractivity contribution in [2.75, 3.05) is 25.0 Å². The Bertz CT molecular complexity index is 1190. The number of hydrogen-bond acceptors (Lipinski definition) is 7. The van der Waals surface area contributed by atoms with Gasteiger partial charge >= 0.3 is 0 Å². The number of nitrogens with zero attached hydrogens (tertiary/aromatic N) is 6. The molecule has 0 aliphatic carbocycles. The smallest absolute Gasteiger partial charge is 0.252 e. The maximum absolute atomic E-state index is 12.6. The molecule has 0 aromatic carbocycles. The van der Waals surface area contributed by atoms with E-state index in [1.165, 1.54) is 12.1 Å². The molecule has 1 fully saturated rings. The molecule has 174 valence electrons. The van der Waals surface area contributed by atoms with Crippen LogP contribution in [0.15, 0.2) is 48.2 Å². The highest BCUT2D eigenvalue weighted by atomic mass is 16.5. The number of hydrogen-bond donors (Lipinski definition) is 1. The van der Waals surface area contributed by atoms with Crippen LogP contribution >= 0.6 is 0 Å². The van der Waals surface area contributed by atoms with E-state index in [0.717, 1.165) is 17.5 Å². The van der Waals surface area contributed by atoms with E-state index in [-0.39, 0.29) is 17.6 Å². The van der Waals surface area contributed by atoms with E-state index in [4.69, 9.17) is 4.74 Å². The standard InChI is InChI=1S/C23H29N7O3/c1-4-20(31)28-13-17(14-28)7-8-30-21(32)6-5-18-11-24-23(27-22(18)30)26-19-12-25-29(15-19)9-10-33-16(2)3/h4-6,11-12,15-17H,1,7-10,13-14H2,2-3H3,(H,24,26,27). The largest absolute Gasteiger partial charge is 0.377 e. The van der Waals surface area contributed by atoms with Crippen molar-refractivity contribution in [1.82, 2.24) is 29.2 Å². The highest BCUT2D eigenvalue weighted by Crippen LogP contribution is 2.21. The number of carbonyl (C=O) groups excluding carboxylic acids is 1. The predicted octanol–water partition coefficient (Wildman–Crippen LogP) is 2.19. The van der Waals surface area contributed by atoms with Crippen LogP contribution in [-0.2, 0) is 22.6 Å². The first-order chi connectivity index (χ1) is 15.9. The zero-order valence-electron chi connectivity index (χ0n) is 19.0. The van der Waals surface area contributed by atoms with Crippen LogP contribution in [0, 0.1) is 5.92 Å². The number of likely N-dealkylation sites (tertiary alicyclic amines) is 1. The van der Waals surface area contributed by atoms with Crippen molar-refractivity contribution in [3.8, 4) is 0 Å². The molecule has 10 nitrogen and oxygen atoms in total. The molecule has 0 unspecified atom stereocenters. The van der Waals surface area contributed by atoms with Crippen molar-refractivity contribution in [1.29, 1.82) is 0 Å². The van der Waals surface area contributed by atoms with Gasteiger partial charge in [-0.05, 0) is 38.3 Å². The minimum atomic E-state index is -0.108. The molecule has 1 amide bonds. The highest BCUT2D eigenvalue weighted by Gasteiger charge is 2.28. The lowest BCUT2D eigenvalue weighted by molar-refractivity contribution is -0.132. The van der Waals surface area contributed by atoms with Crippen molar-refractivity contribution >= 4 is 28.6 Å². The Morgan fingerprint density at radius 2 is 2.12 bits per heavy atom. The van der Waals surface area contributed by atoms with Crippen LogP contribution in [0.4, 0.5) is 11.6 Å². The number of fused-ring (bicyclic) bond motifs is 1. The van der Waals surface area contributed by atoms with Crippen LogP contribution in [0.2, 0.25) is 0 Å². The maximum Gasteiger partial charge on any atom is 0.252 e. The summed E-state index contributed by atoms with van der Waals surface area (Å²) in [5.41, 5.74) is 1.23. The summed E-state index contributed by atoms with van der Waals surface area (Å²) in [5.74, 6) is 0.708. The molecular weight excluding hydrogens is 422 g/mol. The van der Waals surface area contributed by atoms with Gasteiger partial charge in [-0.15, -0.1) is 0 Å². The molecule has 0 spiro atoms. The van der Waals surface area contributed by atoms with Crippen molar-refractivity contribution < 1.29 is 9.53 Å². The summed E-state index contributed by atoms with van der Waals surface area (Å²) < 4.78 is 9.02. The first kappa shape index (κ1) is 22.7. The number of carbonyl (C=O) groups is 1. The lowest BCUT2D eigenvalue weighted by Crippen LogP contribution is -2.49. The second-order valence-corrected chi connectivity index (χ2v) is 8.43. The topological polar surface area (TPSA) is 107 Å². The average Bonchev–Trinajstić information content (AvgIpc) is 3.20. The number of pyridine rings is 1. The molecule has 3 aromatic heterocycles. The van der Waals surface area contributed by atoms with Gasteiger partial charge in [0.25, 0.3) is 5.56 Å². The van der Waals surface area contributed by atoms with E-state index in [1.54, 1.807) is 32.6 Å². The first-order valence-electron chi connectivity index (χ1n) is 11.1. The van der Waals surface area contributed by atoms with Gasteiger partial charge in [0.05, 0.1) is 31.1 Å². The van der Waals surface area contributed by atoms with Crippen LogP contribution in [0.5, 0.6) is 0 Å². The lowest BCUT2D eigenvalue weighted by Gasteiger charge is -2.38. The number of ether oxygens (including phenoxy) is 1. The zero-order valence-corrected chi connectivity index (χ0v) is 19.0. The summed E-state index contributed by atoms with van der Waals surface area (Å²) in [7, 11) is 0. The Labute approximate surface area is 191 Å². The minimum absolute atomic E-state index is 0.0483. The first-order valence-corrected chi connectivity index (χ1v) is 11.1. The summed E-state index contributed by atoms with van der Waals surface area (Å²) in [6.45, 7) is 10.7. The van der Waals surface area contributed by atoms with Crippen LogP contribution in [0.3, 0.4) is 0 Å². The Kier molecular flexibility index (Phi) is 6.83. The molecule has 0 saturated carbocycles. The molecular formula is C23H29N7O3. The Morgan fingerprint density at radius 1 is 1.30 bits per heavy atom. The number of anilines is 2. The summed E-state index contributed by atoms with van der Waals surface area (Å²) >= 11 is 0. The minimum Gasteiger partial charge on any atom is -0.377 e. The van der Waals surface area contributed by atoms with Crippen molar-refractivity contribution in [2.24, 2.45) is 5.92 Å². The van der Waals surface area contributed by atoms with Crippen LogP contribution in [0.1, 0.15) is 20.3 Å². The van der Waals surface area contributed by atoms with Crippen LogP contribution in [-0.4, -0.2) is 60.9 Å². The number of amides is 1. The summed E-state index contributed by atoms with van der Waals surface area (Å²) in [5, 5.41) is 8.27. The fourth-order valence-corrected chi connectivity index (χ4v) is 3.78. The molecule has 10 heteroatoms. The second-order valence-electron chi connectivity index (χ2n) is 8.43. The number of aromatic nitrogens is 5. The molecule has 4 heterocycles. The quantitative estimate of drug-likeness (QED) is 0.471. The predicted molar refractivity (Wildman–Crippen MR) is 125 cm³/mol. The molecule has 3 aromatic rings. The van der Waals surface area contributed by atoms with Gasteiger partial charge in [-0.3, -0.25) is 18.8 Å². The molecule has 1 aliphatic heterocycles. The van der Waals surface area contributed by atoms with E-state index in [1.807, 2.05) is 20.0 Å². The molecule has 1 saturated heterocycles.